The summed E-state index contributed by atoms with van der Waals surface area (Å²) in [7, 11) is 0. The van der Waals surface area contributed by atoms with Crippen molar-refractivity contribution in [3.8, 4) is 11.5 Å². The van der Waals surface area contributed by atoms with Gasteiger partial charge >= 0.3 is 0 Å². The molecule has 1 fully saturated rings. The van der Waals surface area contributed by atoms with E-state index < -0.39 is 4.92 Å². The van der Waals surface area contributed by atoms with Gasteiger partial charge in [-0.25, -0.2) is 0 Å². The number of carbonyl (C=O) groups is 1. The third-order valence-electron chi connectivity index (χ3n) is 5.46. The van der Waals surface area contributed by atoms with Gasteiger partial charge in [-0.3, -0.25) is 19.8 Å². The SMILES string of the molecule is O=C(NCC1CCN(Cc2ccccc2)CC1)c1noc(-c2ccc([N+](=O)[O-])cc2)n1. The topological polar surface area (TPSA) is 114 Å². The first kappa shape index (κ1) is 20.7. The lowest BCUT2D eigenvalue weighted by molar-refractivity contribution is -0.384. The number of nitro benzene ring substituents is 1. The highest BCUT2D eigenvalue weighted by Gasteiger charge is 2.22. The van der Waals surface area contributed by atoms with Gasteiger partial charge in [0.1, 0.15) is 0 Å². The standard InChI is InChI=1S/C22H23N5O4/c28-21(20-24-22(31-25-20)18-6-8-19(9-7-18)27(29)30)23-14-16-10-12-26(13-11-16)15-17-4-2-1-3-5-17/h1-9,16H,10-15H2,(H,23,28). The molecule has 2 aromatic carbocycles. The second-order valence-corrected chi connectivity index (χ2v) is 7.64. The average Bonchev–Trinajstić information content (AvgIpc) is 3.30. The highest BCUT2D eigenvalue weighted by atomic mass is 16.6. The molecule has 0 aliphatic carbocycles. The summed E-state index contributed by atoms with van der Waals surface area (Å²) < 4.78 is 5.14. The smallest absolute Gasteiger partial charge is 0.292 e. The number of hydrogen-bond donors (Lipinski definition) is 1. The summed E-state index contributed by atoms with van der Waals surface area (Å²) in [5.74, 6) is 0.129. The largest absolute Gasteiger partial charge is 0.349 e. The van der Waals surface area contributed by atoms with Gasteiger partial charge in [-0.15, -0.1) is 0 Å². The predicted molar refractivity (Wildman–Crippen MR) is 113 cm³/mol. The van der Waals surface area contributed by atoms with Crippen LogP contribution < -0.4 is 5.32 Å². The van der Waals surface area contributed by atoms with E-state index >= 15 is 0 Å². The van der Waals surface area contributed by atoms with Gasteiger partial charge in [-0.05, 0) is 49.5 Å². The molecule has 9 heteroatoms. The Morgan fingerprint density at radius 3 is 2.52 bits per heavy atom. The Bertz CT molecular complexity index is 1030. The van der Waals surface area contributed by atoms with E-state index in [1.165, 1.54) is 29.8 Å². The number of nitro groups is 1. The molecule has 0 atom stereocenters. The average molecular weight is 421 g/mol. The van der Waals surface area contributed by atoms with Crippen LogP contribution in [0.25, 0.3) is 11.5 Å². The van der Waals surface area contributed by atoms with E-state index in [0.717, 1.165) is 32.5 Å². The molecular weight excluding hydrogens is 398 g/mol. The molecular formula is C22H23N5O4. The summed E-state index contributed by atoms with van der Waals surface area (Å²) in [5.41, 5.74) is 1.80. The Morgan fingerprint density at radius 1 is 1.13 bits per heavy atom. The third kappa shape index (κ3) is 5.32. The van der Waals surface area contributed by atoms with E-state index in [1.807, 2.05) is 6.07 Å². The van der Waals surface area contributed by atoms with Crippen molar-refractivity contribution in [2.24, 2.45) is 5.92 Å². The van der Waals surface area contributed by atoms with E-state index in [1.54, 1.807) is 0 Å². The monoisotopic (exact) mass is 421 g/mol. The first-order chi connectivity index (χ1) is 15.1. The van der Waals surface area contributed by atoms with Crippen LogP contribution in [-0.4, -0.2) is 45.5 Å². The number of non-ortho nitro benzene ring substituents is 1. The number of benzene rings is 2. The molecule has 1 saturated heterocycles. The quantitative estimate of drug-likeness (QED) is 0.460. The van der Waals surface area contributed by atoms with Crippen LogP contribution in [-0.2, 0) is 6.54 Å². The highest BCUT2D eigenvalue weighted by molar-refractivity contribution is 5.90. The molecule has 0 saturated carbocycles. The zero-order valence-corrected chi connectivity index (χ0v) is 16.9. The summed E-state index contributed by atoms with van der Waals surface area (Å²) >= 11 is 0. The minimum absolute atomic E-state index is 0.0314. The predicted octanol–water partition coefficient (Wildman–Crippen LogP) is 3.29. The van der Waals surface area contributed by atoms with Gasteiger partial charge in [0.2, 0.25) is 0 Å². The van der Waals surface area contributed by atoms with Crippen LogP contribution >= 0.6 is 0 Å². The number of rotatable bonds is 7. The highest BCUT2D eigenvalue weighted by Crippen LogP contribution is 2.21. The van der Waals surface area contributed by atoms with Crippen LogP contribution in [0, 0.1) is 16.0 Å². The second kappa shape index (κ2) is 9.48. The molecule has 3 aromatic rings. The van der Waals surface area contributed by atoms with Crippen molar-refractivity contribution in [1.29, 1.82) is 0 Å². The molecule has 1 aliphatic heterocycles. The number of nitrogens with zero attached hydrogens (tertiary/aromatic N) is 4. The summed E-state index contributed by atoms with van der Waals surface area (Å²) in [6.07, 6.45) is 2.04. The first-order valence-corrected chi connectivity index (χ1v) is 10.2. The van der Waals surface area contributed by atoms with Gasteiger partial charge < -0.3 is 9.84 Å². The Kier molecular flexibility index (Phi) is 6.32. The third-order valence-corrected chi connectivity index (χ3v) is 5.46. The van der Waals surface area contributed by atoms with Crippen molar-refractivity contribution < 1.29 is 14.2 Å². The van der Waals surface area contributed by atoms with Gasteiger partial charge in [-0.2, -0.15) is 4.98 Å². The molecule has 1 N–H and O–H groups in total. The first-order valence-electron chi connectivity index (χ1n) is 10.2. The maximum Gasteiger partial charge on any atom is 0.292 e. The minimum Gasteiger partial charge on any atom is -0.349 e. The Hall–Kier alpha value is -3.59. The maximum absolute atomic E-state index is 12.4. The van der Waals surface area contributed by atoms with Gasteiger partial charge in [0.05, 0.1) is 4.92 Å². The number of likely N-dealkylation sites (tertiary alicyclic amines) is 1. The van der Waals surface area contributed by atoms with Crippen molar-refractivity contribution in [3.63, 3.8) is 0 Å². The van der Waals surface area contributed by atoms with E-state index in [2.05, 4.69) is 44.6 Å². The Morgan fingerprint density at radius 2 is 1.84 bits per heavy atom. The number of piperidine rings is 1. The van der Waals surface area contributed by atoms with Crippen molar-refractivity contribution in [1.82, 2.24) is 20.4 Å². The van der Waals surface area contributed by atoms with Crippen molar-refractivity contribution in [2.75, 3.05) is 19.6 Å². The summed E-state index contributed by atoms with van der Waals surface area (Å²) in [6, 6.07) is 16.1. The number of amides is 1. The van der Waals surface area contributed by atoms with Gasteiger partial charge in [0.25, 0.3) is 23.3 Å². The van der Waals surface area contributed by atoms with Crippen LogP contribution in [0.4, 0.5) is 5.69 Å². The molecule has 1 amide bonds. The molecule has 0 unspecified atom stereocenters. The van der Waals surface area contributed by atoms with Crippen molar-refractivity contribution >= 4 is 11.6 Å². The van der Waals surface area contributed by atoms with Crippen LogP contribution in [0.5, 0.6) is 0 Å². The van der Waals surface area contributed by atoms with Crippen LogP contribution in [0.15, 0.2) is 59.1 Å². The second-order valence-electron chi connectivity index (χ2n) is 7.64. The van der Waals surface area contributed by atoms with Crippen LogP contribution in [0.1, 0.15) is 29.0 Å². The van der Waals surface area contributed by atoms with E-state index in [-0.39, 0.29) is 23.3 Å². The van der Waals surface area contributed by atoms with Gasteiger partial charge in [-0.1, -0.05) is 35.5 Å². The molecule has 2 heterocycles. The molecule has 4 rings (SSSR count). The molecule has 0 spiro atoms. The van der Waals surface area contributed by atoms with Crippen LogP contribution in [0.2, 0.25) is 0 Å². The van der Waals surface area contributed by atoms with Crippen molar-refractivity contribution in [2.45, 2.75) is 19.4 Å². The van der Waals surface area contributed by atoms with E-state index in [4.69, 9.17) is 4.52 Å². The minimum atomic E-state index is -0.484. The van der Waals surface area contributed by atoms with E-state index in [9.17, 15) is 14.9 Å². The fourth-order valence-corrected chi connectivity index (χ4v) is 3.67. The molecule has 160 valence electrons. The fourth-order valence-electron chi connectivity index (χ4n) is 3.67. The van der Waals surface area contributed by atoms with E-state index in [0.29, 0.717) is 18.0 Å². The molecule has 31 heavy (non-hydrogen) atoms. The zero-order chi connectivity index (χ0) is 21.6. The maximum atomic E-state index is 12.4. The van der Waals surface area contributed by atoms with Crippen molar-refractivity contribution in [3.05, 3.63) is 76.1 Å². The Balaban J connectivity index is 1.25. The summed E-state index contributed by atoms with van der Waals surface area (Å²) in [4.78, 5) is 29.2. The normalized spacial score (nSPS) is 15.0. The van der Waals surface area contributed by atoms with Crippen LogP contribution in [0.3, 0.4) is 0 Å². The summed E-state index contributed by atoms with van der Waals surface area (Å²) in [5, 5.41) is 17.4. The summed E-state index contributed by atoms with van der Waals surface area (Å²) in [6.45, 7) is 3.53. The number of hydrogen-bond acceptors (Lipinski definition) is 7. The Labute approximate surface area is 179 Å². The number of nitrogens with one attached hydrogen (secondary N) is 1. The molecule has 9 nitrogen and oxygen atoms in total. The number of carbonyl (C=O) groups excluding carboxylic acids is 1. The fraction of sp³-hybridized carbons (Fsp3) is 0.318. The molecule has 1 aliphatic rings. The lowest BCUT2D eigenvalue weighted by Crippen LogP contribution is -2.38. The lowest BCUT2D eigenvalue weighted by atomic mass is 9.96. The lowest BCUT2D eigenvalue weighted by Gasteiger charge is -2.32. The zero-order valence-electron chi connectivity index (χ0n) is 16.9. The molecule has 1 aromatic heterocycles. The van der Waals surface area contributed by atoms with Gasteiger partial charge in [0, 0.05) is 30.8 Å². The molecule has 0 bridgehead atoms. The molecule has 0 radical (unpaired) electrons. The van der Waals surface area contributed by atoms with Gasteiger partial charge in [0.15, 0.2) is 0 Å². The number of aromatic nitrogens is 2.